The van der Waals surface area contributed by atoms with Crippen molar-refractivity contribution in [1.29, 1.82) is 0 Å². The second kappa shape index (κ2) is 4.88. The molecular weight excluding hydrogens is 260 g/mol. The zero-order valence-electron chi connectivity index (χ0n) is 9.49. The topological polar surface area (TPSA) is 121 Å². The first kappa shape index (κ1) is 12.7. The molecule has 0 saturated heterocycles. The van der Waals surface area contributed by atoms with Crippen LogP contribution in [0.2, 0.25) is 0 Å². The van der Waals surface area contributed by atoms with Gasteiger partial charge in [-0.05, 0) is 19.1 Å². The van der Waals surface area contributed by atoms with Crippen LogP contribution in [0.15, 0.2) is 28.0 Å². The Labute approximate surface area is 103 Å². The molecule has 0 aliphatic rings. The van der Waals surface area contributed by atoms with Gasteiger partial charge in [-0.3, -0.25) is 5.10 Å². The molecule has 0 fully saturated rings. The van der Waals surface area contributed by atoms with E-state index in [2.05, 4.69) is 19.9 Å². The van der Waals surface area contributed by atoms with Crippen LogP contribution in [0.3, 0.4) is 0 Å². The minimum atomic E-state index is -3.79. The second-order valence-corrected chi connectivity index (χ2v) is 5.24. The van der Waals surface area contributed by atoms with Crippen LogP contribution >= 0.6 is 0 Å². The van der Waals surface area contributed by atoms with Crippen LogP contribution in [-0.4, -0.2) is 28.7 Å². The molecule has 0 aliphatic carbocycles. The molecule has 0 spiro atoms. The van der Waals surface area contributed by atoms with Crippen molar-refractivity contribution in [3.05, 3.63) is 30.0 Å². The molecule has 2 rings (SSSR count). The van der Waals surface area contributed by atoms with E-state index in [0.29, 0.717) is 5.82 Å². The van der Waals surface area contributed by atoms with E-state index in [1.54, 1.807) is 6.92 Å². The number of hydrogen-bond donors (Lipinski definition) is 3. The van der Waals surface area contributed by atoms with Crippen LogP contribution in [0.4, 0.5) is 0 Å². The number of nitrogens with one attached hydrogen (secondary N) is 2. The van der Waals surface area contributed by atoms with Crippen molar-refractivity contribution < 1.29 is 17.9 Å². The van der Waals surface area contributed by atoms with Crippen molar-refractivity contribution in [3.8, 4) is 0 Å². The summed E-state index contributed by atoms with van der Waals surface area (Å²) in [5.74, 6) is 0.579. The summed E-state index contributed by atoms with van der Waals surface area (Å²) in [6, 6.07) is 2.11. The van der Waals surface area contributed by atoms with Gasteiger partial charge in [-0.2, -0.15) is 9.82 Å². The first-order chi connectivity index (χ1) is 8.53. The van der Waals surface area contributed by atoms with E-state index < -0.39 is 16.1 Å². The Balaban J connectivity index is 2.17. The van der Waals surface area contributed by atoms with Crippen molar-refractivity contribution in [2.75, 3.05) is 0 Å². The van der Waals surface area contributed by atoms with E-state index >= 15 is 0 Å². The summed E-state index contributed by atoms with van der Waals surface area (Å²) in [6.07, 6.45) is 1.29. The third-order valence-corrected chi connectivity index (χ3v) is 3.65. The number of aromatic nitrogens is 3. The lowest BCUT2D eigenvalue weighted by molar-refractivity contribution is 0.236. The van der Waals surface area contributed by atoms with Gasteiger partial charge in [-0.15, -0.1) is 0 Å². The van der Waals surface area contributed by atoms with E-state index in [9.17, 15) is 8.42 Å². The van der Waals surface area contributed by atoms with Gasteiger partial charge in [0.15, 0.2) is 0 Å². The molecular formula is C9H12N4O4S. The number of aliphatic hydroxyl groups is 1. The molecule has 2 heterocycles. The maximum absolute atomic E-state index is 11.9. The summed E-state index contributed by atoms with van der Waals surface area (Å²) in [5, 5.41) is 14.8. The minimum absolute atomic E-state index is 0.183. The van der Waals surface area contributed by atoms with Crippen LogP contribution in [-0.2, 0) is 16.6 Å². The molecule has 0 aromatic carbocycles. The Morgan fingerprint density at radius 3 is 2.89 bits per heavy atom. The van der Waals surface area contributed by atoms with Gasteiger partial charge in [0.05, 0.1) is 6.04 Å². The molecule has 0 aliphatic heterocycles. The SMILES string of the molecule is CC(NS(=O)(=O)c1ccc(CO)o1)c1ncn[nH]1. The summed E-state index contributed by atoms with van der Waals surface area (Å²) in [4.78, 5) is 3.85. The van der Waals surface area contributed by atoms with Crippen molar-refractivity contribution in [1.82, 2.24) is 19.9 Å². The predicted octanol–water partition coefficient (Wildman–Crippen LogP) is -0.0705. The normalized spacial score (nSPS) is 13.7. The number of H-pyrrole nitrogens is 1. The summed E-state index contributed by atoms with van der Waals surface area (Å²) < 4.78 is 31.2. The fourth-order valence-electron chi connectivity index (χ4n) is 1.36. The zero-order chi connectivity index (χ0) is 13.2. The van der Waals surface area contributed by atoms with Crippen LogP contribution in [0, 0.1) is 0 Å². The summed E-state index contributed by atoms with van der Waals surface area (Å²) in [6.45, 7) is 1.27. The van der Waals surface area contributed by atoms with Gasteiger partial charge in [0.25, 0.3) is 10.0 Å². The number of aliphatic hydroxyl groups excluding tert-OH is 1. The van der Waals surface area contributed by atoms with Crippen LogP contribution < -0.4 is 4.72 Å². The highest BCUT2D eigenvalue weighted by atomic mass is 32.2. The minimum Gasteiger partial charge on any atom is -0.446 e. The summed E-state index contributed by atoms with van der Waals surface area (Å²) in [5.41, 5.74) is 0. The monoisotopic (exact) mass is 272 g/mol. The first-order valence-electron chi connectivity index (χ1n) is 5.10. The van der Waals surface area contributed by atoms with E-state index in [-0.39, 0.29) is 17.5 Å². The van der Waals surface area contributed by atoms with Gasteiger partial charge in [0.1, 0.15) is 24.5 Å². The van der Waals surface area contributed by atoms with E-state index in [1.807, 2.05) is 0 Å². The van der Waals surface area contributed by atoms with Gasteiger partial charge in [0.2, 0.25) is 5.09 Å². The third kappa shape index (κ3) is 2.58. The van der Waals surface area contributed by atoms with E-state index in [1.165, 1.54) is 18.5 Å². The summed E-state index contributed by atoms with van der Waals surface area (Å²) in [7, 11) is -3.79. The molecule has 0 radical (unpaired) electrons. The van der Waals surface area contributed by atoms with Crippen LogP contribution in [0.1, 0.15) is 24.6 Å². The van der Waals surface area contributed by atoms with E-state index in [0.717, 1.165) is 0 Å². The average molecular weight is 272 g/mol. The Bertz CT molecular complexity index is 604. The third-order valence-electron chi connectivity index (χ3n) is 2.23. The number of rotatable bonds is 5. The van der Waals surface area contributed by atoms with Crippen molar-refractivity contribution >= 4 is 10.0 Å². The smallest absolute Gasteiger partial charge is 0.274 e. The van der Waals surface area contributed by atoms with Gasteiger partial charge >= 0.3 is 0 Å². The lowest BCUT2D eigenvalue weighted by Gasteiger charge is -2.09. The van der Waals surface area contributed by atoms with Gasteiger partial charge < -0.3 is 9.52 Å². The van der Waals surface area contributed by atoms with Crippen LogP contribution in [0.25, 0.3) is 0 Å². The highest BCUT2D eigenvalue weighted by Crippen LogP contribution is 2.16. The van der Waals surface area contributed by atoms with Gasteiger partial charge in [-0.1, -0.05) is 0 Å². The molecule has 98 valence electrons. The lowest BCUT2D eigenvalue weighted by atomic mass is 10.3. The molecule has 0 bridgehead atoms. The van der Waals surface area contributed by atoms with Crippen molar-refractivity contribution in [2.24, 2.45) is 0 Å². The van der Waals surface area contributed by atoms with Gasteiger partial charge in [0, 0.05) is 0 Å². The lowest BCUT2D eigenvalue weighted by Crippen LogP contribution is -2.27. The molecule has 9 heteroatoms. The Morgan fingerprint density at radius 1 is 1.56 bits per heavy atom. The summed E-state index contributed by atoms with van der Waals surface area (Å²) >= 11 is 0. The van der Waals surface area contributed by atoms with Gasteiger partial charge in [-0.25, -0.2) is 13.4 Å². The Kier molecular flexibility index (Phi) is 3.45. The second-order valence-electron chi connectivity index (χ2n) is 3.59. The molecule has 1 unspecified atom stereocenters. The van der Waals surface area contributed by atoms with Crippen molar-refractivity contribution in [2.45, 2.75) is 24.7 Å². The highest BCUT2D eigenvalue weighted by Gasteiger charge is 2.23. The molecule has 18 heavy (non-hydrogen) atoms. The first-order valence-corrected chi connectivity index (χ1v) is 6.58. The van der Waals surface area contributed by atoms with Crippen molar-refractivity contribution in [3.63, 3.8) is 0 Å². The molecule has 0 amide bonds. The molecule has 2 aromatic rings. The number of aromatic amines is 1. The number of nitrogens with zero attached hydrogens (tertiary/aromatic N) is 2. The molecule has 8 nitrogen and oxygen atoms in total. The quantitative estimate of drug-likeness (QED) is 0.700. The standard InChI is InChI=1S/C9H12N4O4S/c1-6(9-10-5-11-12-9)13-18(15,16)8-3-2-7(4-14)17-8/h2-3,5-6,13-14H,4H2,1H3,(H,10,11,12). The Hall–Kier alpha value is -1.71. The zero-order valence-corrected chi connectivity index (χ0v) is 10.3. The number of hydrogen-bond acceptors (Lipinski definition) is 6. The van der Waals surface area contributed by atoms with E-state index in [4.69, 9.17) is 9.52 Å². The number of furan rings is 1. The molecule has 0 saturated carbocycles. The fourth-order valence-corrected chi connectivity index (χ4v) is 2.52. The maximum Gasteiger partial charge on any atom is 0.274 e. The largest absolute Gasteiger partial charge is 0.446 e. The maximum atomic E-state index is 11.9. The van der Waals surface area contributed by atoms with Crippen LogP contribution in [0.5, 0.6) is 0 Å². The molecule has 1 atom stereocenters. The predicted molar refractivity (Wildman–Crippen MR) is 59.8 cm³/mol. The molecule has 2 aromatic heterocycles. The average Bonchev–Trinajstić information content (AvgIpc) is 3.00. The fraction of sp³-hybridized carbons (Fsp3) is 0.333. The molecule has 3 N–H and O–H groups in total. The Morgan fingerprint density at radius 2 is 2.33 bits per heavy atom. The highest BCUT2D eigenvalue weighted by molar-refractivity contribution is 7.89. The number of sulfonamides is 1.